The number of anilines is 3. The van der Waals surface area contributed by atoms with Gasteiger partial charge in [0.1, 0.15) is 0 Å². The first kappa shape index (κ1) is 22.2. The molecule has 1 aromatic heterocycles. The highest BCUT2D eigenvalue weighted by Gasteiger charge is 2.23. The minimum atomic E-state index is 0.209. The smallest absolute Gasteiger partial charge is 0.229 e. The zero-order chi connectivity index (χ0) is 21.2. The number of benzene rings is 1. The first-order chi connectivity index (χ1) is 14.7. The van der Waals surface area contributed by atoms with E-state index < -0.39 is 0 Å². The van der Waals surface area contributed by atoms with Crippen molar-refractivity contribution in [1.29, 1.82) is 0 Å². The zero-order valence-corrected chi connectivity index (χ0v) is 17.9. The second kappa shape index (κ2) is 11.6. The van der Waals surface area contributed by atoms with Gasteiger partial charge < -0.3 is 31.2 Å². The van der Waals surface area contributed by atoms with Gasteiger partial charge in [0, 0.05) is 19.1 Å². The molecule has 0 radical (unpaired) electrons. The number of aromatic nitrogens is 3. The minimum absolute atomic E-state index is 0.209. The van der Waals surface area contributed by atoms with Crippen molar-refractivity contribution in [3.8, 4) is 0 Å². The van der Waals surface area contributed by atoms with Crippen molar-refractivity contribution in [1.82, 2.24) is 15.0 Å². The molecule has 2 aromatic rings. The molecule has 1 unspecified atom stereocenters. The summed E-state index contributed by atoms with van der Waals surface area (Å²) in [6, 6.07) is 8.94. The summed E-state index contributed by atoms with van der Waals surface area (Å²) in [5.74, 6) is 1.63. The fourth-order valence-corrected chi connectivity index (χ4v) is 3.35. The van der Waals surface area contributed by atoms with Gasteiger partial charge in [-0.3, -0.25) is 0 Å². The van der Waals surface area contributed by atoms with Crippen LogP contribution in [0, 0.1) is 0 Å². The molecular formula is C21H33N7O2. The molecule has 0 amide bonds. The fraction of sp³-hybridized carbons (Fsp3) is 0.571. The summed E-state index contributed by atoms with van der Waals surface area (Å²) in [4.78, 5) is 13.6. The number of nitrogens with zero attached hydrogens (tertiary/aromatic N) is 3. The van der Waals surface area contributed by atoms with Crippen molar-refractivity contribution in [3.05, 3.63) is 35.4 Å². The highest BCUT2D eigenvalue weighted by molar-refractivity contribution is 5.46. The van der Waals surface area contributed by atoms with Crippen molar-refractivity contribution in [3.63, 3.8) is 0 Å². The third-order valence-corrected chi connectivity index (χ3v) is 4.65. The van der Waals surface area contributed by atoms with E-state index in [1.165, 1.54) is 11.1 Å². The topological polar surface area (TPSA) is 119 Å². The maximum absolute atomic E-state index is 5.54. The molecule has 0 spiro atoms. The SMILES string of the molecule is CC(C)Nc1nc(NCCOCCOCCN)nc(NC2CCc3ccccc32)n1. The number of rotatable bonds is 13. The number of hydrogen-bond acceptors (Lipinski definition) is 9. The largest absolute Gasteiger partial charge is 0.378 e. The van der Waals surface area contributed by atoms with E-state index in [0.29, 0.717) is 57.4 Å². The molecule has 0 saturated carbocycles. The summed E-state index contributed by atoms with van der Waals surface area (Å²) in [5.41, 5.74) is 8.08. The molecule has 1 heterocycles. The van der Waals surface area contributed by atoms with Crippen molar-refractivity contribution in [2.24, 2.45) is 5.73 Å². The summed E-state index contributed by atoms with van der Waals surface area (Å²) in [6.07, 6.45) is 2.09. The first-order valence-corrected chi connectivity index (χ1v) is 10.6. The van der Waals surface area contributed by atoms with Crippen LogP contribution in [0.1, 0.15) is 37.4 Å². The summed E-state index contributed by atoms with van der Waals surface area (Å²) >= 11 is 0. The predicted octanol–water partition coefficient (Wildman–Crippen LogP) is 2.20. The Morgan fingerprint density at radius 3 is 2.53 bits per heavy atom. The molecule has 0 fully saturated rings. The van der Waals surface area contributed by atoms with E-state index in [-0.39, 0.29) is 12.1 Å². The summed E-state index contributed by atoms with van der Waals surface area (Å²) in [5, 5.41) is 9.96. The number of aryl methyl sites for hydroxylation is 1. The molecule has 0 bridgehead atoms. The molecule has 1 aliphatic carbocycles. The van der Waals surface area contributed by atoms with Crippen LogP contribution >= 0.6 is 0 Å². The molecule has 1 atom stereocenters. The second-order valence-electron chi connectivity index (χ2n) is 7.48. The molecule has 0 saturated heterocycles. The lowest BCUT2D eigenvalue weighted by molar-refractivity contribution is 0.0547. The maximum atomic E-state index is 5.54. The third kappa shape index (κ3) is 6.79. The van der Waals surface area contributed by atoms with E-state index in [9.17, 15) is 0 Å². The van der Waals surface area contributed by atoms with Crippen LogP contribution in [-0.2, 0) is 15.9 Å². The molecule has 9 heteroatoms. The van der Waals surface area contributed by atoms with Gasteiger partial charge >= 0.3 is 0 Å². The van der Waals surface area contributed by atoms with Crippen LogP contribution in [0.2, 0.25) is 0 Å². The van der Waals surface area contributed by atoms with Crippen LogP contribution < -0.4 is 21.7 Å². The van der Waals surface area contributed by atoms with Gasteiger partial charge in [-0.05, 0) is 37.8 Å². The van der Waals surface area contributed by atoms with E-state index in [4.69, 9.17) is 15.2 Å². The van der Waals surface area contributed by atoms with E-state index in [1.807, 2.05) is 0 Å². The van der Waals surface area contributed by atoms with Gasteiger partial charge in [-0.15, -0.1) is 0 Å². The zero-order valence-electron chi connectivity index (χ0n) is 17.9. The Labute approximate surface area is 178 Å². The lowest BCUT2D eigenvalue weighted by atomic mass is 10.1. The molecule has 30 heavy (non-hydrogen) atoms. The van der Waals surface area contributed by atoms with Gasteiger partial charge in [0.05, 0.1) is 32.5 Å². The molecule has 5 N–H and O–H groups in total. The van der Waals surface area contributed by atoms with Crippen LogP contribution in [0.3, 0.4) is 0 Å². The number of nitrogens with two attached hydrogens (primary N) is 1. The Kier molecular flexibility index (Phi) is 8.61. The summed E-state index contributed by atoms with van der Waals surface area (Å²) in [6.45, 7) is 7.39. The minimum Gasteiger partial charge on any atom is -0.378 e. The molecule has 1 aliphatic rings. The Hall–Kier alpha value is -2.49. The van der Waals surface area contributed by atoms with Crippen LogP contribution in [-0.4, -0.2) is 60.5 Å². The van der Waals surface area contributed by atoms with Crippen molar-refractivity contribution in [2.75, 3.05) is 55.5 Å². The van der Waals surface area contributed by atoms with Crippen LogP contribution in [0.5, 0.6) is 0 Å². The molecule has 1 aromatic carbocycles. The number of ether oxygens (including phenoxy) is 2. The van der Waals surface area contributed by atoms with Gasteiger partial charge in [0.2, 0.25) is 17.8 Å². The van der Waals surface area contributed by atoms with E-state index in [1.54, 1.807) is 0 Å². The first-order valence-electron chi connectivity index (χ1n) is 10.6. The Morgan fingerprint density at radius 2 is 1.73 bits per heavy atom. The van der Waals surface area contributed by atoms with E-state index in [0.717, 1.165) is 12.8 Å². The lowest BCUT2D eigenvalue weighted by Crippen LogP contribution is -2.19. The Bertz CT molecular complexity index is 788. The van der Waals surface area contributed by atoms with Crippen molar-refractivity contribution < 1.29 is 9.47 Å². The monoisotopic (exact) mass is 415 g/mol. The fourth-order valence-electron chi connectivity index (χ4n) is 3.35. The average molecular weight is 416 g/mol. The quantitative estimate of drug-likeness (QED) is 0.365. The van der Waals surface area contributed by atoms with Crippen molar-refractivity contribution in [2.45, 2.75) is 38.8 Å². The summed E-state index contributed by atoms with van der Waals surface area (Å²) in [7, 11) is 0. The molecule has 164 valence electrons. The van der Waals surface area contributed by atoms with Crippen LogP contribution in [0.25, 0.3) is 0 Å². The molecule has 9 nitrogen and oxygen atoms in total. The Balaban J connectivity index is 1.57. The third-order valence-electron chi connectivity index (χ3n) is 4.65. The lowest BCUT2D eigenvalue weighted by Gasteiger charge is -2.16. The van der Waals surface area contributed by atoms with Crippen LogP contribution in [0.15, 0.2) is 24.3 Å². The highest BCUT2D eigenvalue weighted by atomic mass is 16.5. The number of hydrogen-bond donors (Lipinski definition) is 4. The predicted molar refractivity (Wildman–Crippen MR) is 119 cm³/mol. The number of nitrogens with one attached hydrogen (secondary N) is 3. The van der Waals surface area contributed by atoms with Crippen LogP contribution in [0.4, 0.5) is 17.8 Å². The number of fused-ring (bicyclic) bond motifs is 1. The van der Waals surface area contributed by atoms with Crippen molar-refractivity contribution >= 4 is 17.8 Å². The normalized spacial score (nSPS) is 15.3. The van der Waals surface area contributed by atoms with Gasteiger partial charge in [-0.2, -0.15) is 15.0 Å². The van der Waals surface area contributed by atoms with Gasteiger partial charge in [-0.1, -0.05) is 24.3 Å². The van der Waals surface area contributed by atoms with Gasteiger partial charge in [-0.25, -0.2) is 0 Å². The average Bonchev–Trinajstić information content (AvgIpc) is 3.12. The standard InChI is InChI=1S/C21H33N7O2/c1-15(2)24-20-26-19(23-10-12-30-14-13-29-11-9-22)27-21(28-20)25-18-8-7-16-5-3-4-6-17(16)18/h3-6,15,18H,7-14,22H2,1-2H3,(H3,23,24,25,26,27,28). The molecule has 0 aliphatic heterocycles. The van der Waals surface area contributed by atoms with Gasteiger partial charge in [0.15, 0.2) is 0 Å². The Morgan fingerprint density at radius 1 is 1.00 bits per heavy atom. The highest BCUT2D eigenvalue weighted by Crippen LogP contribution is 2.33. The molecule has 3 rings (SSSR count). The van der Waals surface area contributed by atoms with Gasteiger partial charge in [0.25, 0.3) is 0 Å². The van der Waals surface area contributed by atoms with E-state index in [2.05, 4.69) is 69.0 Å². The maximum Gasteiger partial charge on any atom is 0.229 e. The molecular weight excluding hydrogens is 382 g/mol. The van der Waals surface area contributed by atoms with E-state index >= 15 is 0 Å². The second-order valence-corrected chi connectivity index (χ2v) is 7.48. The summed E-state index contributed by atoms with van der Waals surface area (Å²) < 4.78 is 10.8.